The maximum Gasteiger partial charge on any atom is 0.203 e. The first-order chi connectivity index (χ1) is 2.91. The van der Waals surface area contributed by atoms with Crippen LogP contribution in [0.1, 0.15) is 0 Å². The highest BCUT2D eigenvalue weighted by Gasteiger charge is 1.36. The van der Waals surface area contributed by atoms with Crippen LogP contribution in [0.25, 0.3) is 0 Å². The second-order valence-corrected chi connectivity index (χ2v) is 0.874. The van der Waals surface area contributed by atoms with Crippen LogP contribution in [0.4, 0.5) is 0 Å². The Morgan fingerprint density at radius 1 is 1.67 bits per heavy atom. The van der Waals surface area contributed by atoms with Crippen LogP contribution >= 0.6 is 0 Å². The lowest BCUT2D eigenvalue weighted by molar-refractivity contribution is 0.537. The van der Waals surface area contributed by atoms with Crippen LogP contribution in [-0.4, -0.2) is 20.9 Å². The third-order valence-corrected chi connectivity index (χ3v) is 0.500. The minimum atomic E-state index is 0.772. The minimum absolute atomic E-state index is 0.772. The van der Waals surface area contributed by atoms with Gasteiger partial charge in [0.25, 0.3) is 0 Å². The molecule has 4 heteroatoms. The van der Waals surface area contributed by atoms with Gasteiger partial charge in [0.1, 0.15) is 0 Å². The Bertz CT molecular complexity index is 25.5. The van der Waals surface area contributed by atoms with Crippen molar-refractivity contribution in [3.8, 4) is 0 Å². The molecule has 0 aliphatic carbocycles. The summed E-state index contributed by atoms with van der Waals surface area (Å²) in [5.41, 5.74) is 0. The third-order valence-electron chi connectivity index (χ3n) is 0.167. The van der Waals surface area contributed by atoms with Gasteiger partial charge in [-0.3, -0.25) is 0 Å². The van der Waals surface area contributed by atoms with Gasteiger partial charge in [-0.2, -0.15) is 0 Å². The molecule has 2 N–H and O–H groups in total. The fourth-order valence-electron chi connectivity index (χ4n) is 0. The van der Waals surface area contributed by atoms with E-state index in [9.17, 15) is 0 Å². The van der Waals surface area contributed by atoms with Crippen molar-refractivity contribution in [3.63, 3.8) is 0 Å². The Balaban J connectivity index is 0. The number of hydrogen-bond donors (Lipinski definition) is 1. The summed E-state index contributed by atoms with van der Waals surface area (Å²) in [5, 5.41) is 4.64. The van der Waals surface area contributed by atoms with E-state index in [0.29, 0.717) is 0 Å². The number of rotatable bonds is 1. The van der Waals surface area contributed by atoms with Gasteiger partial charge < -0.3 is 9.83 Å². The molecule has 0 rings (SSSR count). The SMILES string of the molecule is C=CO[SiH3].N[SiH3]. The quantitative estimate of drug-likeness (QED) is 0.311. The minimum Gasteiger partial charge on any atom is -0.559 e. The van der Waals surface area contributed by atoms with E-state index in [1.807, 2.05) is 0 Å². The van der Waals surface area contributed by atoms with Crippen molar-refractivity contribution in [2.45, 2.75) is 0 Å². The zero-order valence-corrected chi connectivity index (χ0v) is 8.27. The van der Waals surface area contributed by atoms with Gasteiger partial charge >= 0.3 is 0 Å². The van der Waals surface area contributed by atoms with Gasteiger partial charge in [0.2, 0.25) is 10.5 Å². The predicted molar refractivity (Wildman–Crippen MR) is 35.3 cm³/mol. The molecule has 0 heterocycles. The Labute approximate surface area is 44.4 Å². The van der Waals surface area contributed by atoms with Crippen LogP contribution in [0.3, 0.4) is 0 Å². The second-order valence-electron chi connectivity index (χ2n) is 0.402. The number of hydrogen-bond acceptors (Lipinski definition) is 2. The van der Waals surface area contributed by atoms with Gasteiger partial charge in [-0.15, -0.1) is 0 Å². The molecule has 6 heavy (non-hydrogen) atoms. The Morgan fingerprint density at radius 2 is 1.83 bits per heavy atom. The third kappa shape index (κ3) is 38.8. The molecule has 0 bridgehead atoms. The van der Waals surface area contributed by atoms with Gasteiger partial charge in [-0.05, 0) is 0 Å². The van der Waals surface area contributed by atoms with Crippen molar-refractivity contribution in [2.75, 3.05) is 0 Å². The Kier molecular flexibility index (Phi) is 31.8. The van der Waals surface area contributed by atoms with Gasteiger partial charge in [-0.1, -0.05) is 6.58 Å². The normalized spacial score (nSPS) is 5.50. The fraction of sp³-hybridized carbons (Fsp3) is 0. The summed E-state index contributed by atoms with van der Waals surface area (Å²) in [5.74, 6) is 0. The lowest BCUT2D eigenvalue weighted by atomic mass is 11.2. The molecule has 0 aromatic heterocycles. The largest absolute Gasteiger partial charge is 0.559 e. The molecule has 0 aliphatic heterocycles. The van der Waals surface area contributed by atoms with Crippen molar-refractivity contribution >= 4 is 20.9 Å². The first-order valence-electron chi connectivity index (χ1n) is 1.63. The molecule has 2 nitrogen and oxygen atoms in total. The summed E-state index contributed by atoms with van der Waals surface area (Å²) in [4.78, 5) is 0. The molecule has 0 aromatic carbocycles. The average molecular weight is 121 g/mol. The summed E-state index contributed by atoms with van der Waals surface area (Å²) >= 11 is 0. The maximum atomic E-state index is 4.64. The molecule has 0 atom stereocenters. The van der Waals surface area contributed by atoms with Gasteiger partial charge in [-0.25, -0.2) is 0 Å². The highest BCUT2D eigenvalue weighted by Crippen LogP contribution is 1.50. The first kappa shape index (κ1) is 9.33. The molecule has 0 radical (unpaired) electrons. The summed E-state index contributed by atoms with van der Waals surface area (Å²) < 4.78 is 4.44. The van der Waals surface area contributed by atoms with Crippen molar-refractivity contribution in [2.24, 2.45) is 5.40 Å². The average Bonchev–Trinajstić information content (AvgIpc) is 1.72. The maximum absolute atomic E-state index is 4.64. The monoisotopic (exact) mass is 121 g/mol. The predicted octanol–water partition coefficient (Wildman–Crippen LogP) is -2.35. The van der Waals surface area contributed by atoms with E-state index in [2.05, 4.69) is 16.4 Å². The van der Waals surface area contributed by atoms with Crippen LogP contribution in [0.15, 0.2) is 12.8 Å². The van der Waals surface area contributed by atoms with E-state index in [4.69, 9.17) is 0 Å². The lowest BCUT2D eigenvalue weighted by Gasteiger charge is -1.74. The van der Waals surface area contributed by atoms with Gasteiger partial charge in [0, 0.05) is 0 Å². The molecule has 0 amide bonds. The van der Waals surface area contributed by atoms with Crippen molar-refractivity contribution in [1.82, 2.24) is 0 Å². The van der Waals surface area contributed by atoms with E-state index < -0.39 is 0 Å². The Hall–Kier alpha value is -0.0662. The Morgan fingerprint density at radius 3 is 1.83 bits per heavy atom. The van der Waals surface area contributed by atoms with E-state index in [1.165, 1.54) is 6.26 Å². The molecule has 0 saturated carbocycles. The van der Waals surface area contributed by atoms with Crippen molar-refractivity contribution in [1.29, 1.82) is 0 Å². The topological polar surface area (TPSA) is 35.2 Å². The zero-order valence-electron chi connectivity index (χ0n) is 4.27. The van der Waals surface area contributed by atoms with E-state index in [-0.39, 0.29) is 0 Å². The second kappa shape index (κ2) is 20.4. The molecule has 0 aliphatic rings. The van der Waals surface area contributed by atoms with Crippen LogP contribution in [0.2, 0.25) is 0 Å². The fourth-order valence-corrected chi connectivity index (χ4v) is 0. The van der Waals surface area contributed by atoms with E-state index in [1.54, 1.807) is 0 Å². The van der Waals surface area contributed by atoms with Gasteiger partial charge in [0.15, 0.2) is 0 Å². The smallest absolute Gasteiger partial charge is 0.203 e. The highest BCUT2D eigenvalue weighted by molar-refractivity contribution is 6.02. The van der Waals surface area contributed by atoms with Gasteiger partial charge in [0.05, 0.1) is 16.7 Å². The molecular weight excluding hydrogens is 110 g/mol. The van der Waals surface area contributed by atoms with E-state index >= 15 is 0 Å². The first-order valence-corrected chi connectivity index (χ1v) is 3.60. The highest BCUT2D eigenvalue weighted by atomic mass is 28.2. The van der Waals surface area contributed by atoms with Crippen molar-refractivity contribution in [3.05, 3.63) is 12.8 Å². The molecule has 0 spiro atoms. The van der Waals surface area contributed by atoms with Crippen molar-refractivity contribution < 1.29 is 4.43 Å². The van der Waals surface area contributed by atoms with Crippen LogP contribution in [0, 0.1) is 0 Å². The summed E-state index contributed by atoms with van der Waals surface area (Å²) in [6.45, 7) is 3.29. The molecule has 0 saturated heterocycles. The van der Waals surface area contributed by atoms with Crippen LogP contribution in [-0.2, 0) is 4.43 Å². The molecule has 0 aromatic rings. The summed E-state index contributed by atoms with van der Waals surface area (Å²) in [6.07, 6.45) is 1.44. The molecule has 38 valence electrons. The number of nitrogens with two attached hydrogens (primary N) is 1. The zero-order chi connectivity index (χ0) is 5.41. The molecular formula is C2H11NOSi2. The van der Waals surface area contributed by atoms with Crippen LogP contribution < -0.4 is 5.40 Å². The molecule has 0 fully saturated rings. The summed E-state index contributed by atoms with van der Waals surface area (Å²) in [7, 11) is 1.58. The lowest BCUT2D eigenvalue weighted by Crippen LogP contribution is -1.75. The molecule has 0 unspecified atom stereocenters. The van der Waals surface area contributed by atoms with Crippen LogP contribution in [0.5, 0.6) is 0 Å². The van der Waals surface area contributed by atoms with E-state index in [0.717, 1.165) is 20.9 Å². The standard InChI is InChI=1S/C2H6OSi.H5NSi/c1-2-3-4;1-2/h2H,1H2,4H3;1H2,2H3. The summed E-state index contributed by atoms with van der Waals surface area (Å²) in [6, 6.07) is 0.